The molecule has 196 valence electrons. The lowest BCUT2D eigenvalue weighted by Gasteiger charge is -2.25. The molecular formula is C40H31N. The van der Waals surface area contributed by atoms with E-state index in [4.69, 9.17) is 0 Å². The van der Waals surface area contributed by atoms with Gasteiger partial charge in [0.15, 0.2) is 0 Å². The number of benzene rings is 5. The van der Waals surface area contributed by atoms with E-state index >= 15 is 0 Å². The molecule has 41 heavy (non-hydrogen) atoms. The van der Waals surface area contributed by atoms with Crippen LogP contribution in [0.2, 0.25) is 0 Å². The Labute approximate surface area is 241 Å². The quantitative estimate of drug-likeness (QED) is 0.211. The Hall–Kier alpha value is -4.62. The number of hydrogen-bond donors (Lipinski definition) is 0. The van der Waals surface area contributed by atoms with Gasteiger partial charge in [0.1, 0.15) is 0 Å². The third kappa shape index (κ3) is 3.07. The van der Waals surface area contributed by atoms with Crippen LogP contribution in [-0.4, -0.2) is 4.57 Å². The fourth-order valence-corrected chi connectivity index (χ4v) is 8.03. The molecule has 0 aliphatic heterocycles. The van der Waals surface area contributed by atoms with Gasteiger partial charge in [0, 0.05) is 33.7 Å². The maximum atomic E-state index is 2.65. The molecule has 0 fully saturated rings. The van der Waals surface area contributed by atoms with E-state index in [9.17, 15) is 0 Å². The summed E-state index contributed by atoms with van der Waals surface area (Å²) in [6.07, 6.45) is 11.5. The van der Waals surface area contributed by atoms with Crippen molar-refractivity contribution in [2.24, 2.45) is 0 Å². The smallest absolute Gasteiger partial charge is 0.0622 e. The lowest BCUT2D eigenvalue weighted by atomic mass is 9.82. The van der Waals surface area contributed by atoms with Crippen LogP contribution in [0.1, 0.15) is 60.9 Å². The minimum absolute atomic E-state index is 0.428. The Morgan fingerprint density at radius 1 is 0.610 bits per heavy atom. The molecule has 0 radical (unpaired) electrons. The summed E-state index contributed by atoms with van der Waals surface area (Å²) in [5, 5.41) is 4.06. The van der Waals surface area contributed by atoms with E-state index in [-0.39, 0.29) is 0 Å². The van der Waals surface area contributed by atoms with Crippen LogP contribution in [0.5, 0.6) is 0 Å². The molecule has 0 saturated carbocycles. The molecule has 5 aromatic carbocycles. The number of fused-ring (bicyclic) bond motifs is 8. The summed E-state index contributed by atoms with van der Waals surface area (Å²) in [4.78, 5) is 0. The largest absolute Gasteiger partial charge is 0.311 e. The van der Waals surface area contributed by atoms with Gasteiger partial charge in [-0.1, -0.05) is 123 Å². The van der Waals surface area contributed by atoms with Crippen LogP contribution in [0.15, 0.2) is 103 Å². The Kier molecular flexibility index (Phi) is 4.76. The van der Waals surface area contributed by atoms with Crippen molar-refractivity contribution in [2.45, 2.75) is 38.5 Å². The molecule has 1 nitrogen and oxygen atoms in total. The topological polar surface area (TPSA) is 4.93 Å². The van der Waals surface area contributed by atoms with Crippen molar-refractivity contribution in [1.29, 1.82) is 0 Å². The molecule has 2 unspecified atom stereocenters. The van der Waals surface area contributed by atoms with Gasteiger partial charge in [-0.25, -0.2) is 0 Å². The zero-order valence-electron chi connectivity index (χ0n) is 23.5. The third-order valence-corrected chi connectivity index (χ3v) is 9.77. The second-order valence-electron chi connectivity index (χ2n) is 12.1. The van der Waals surface area contributed by atoms with E-state index in [1.54, 1.807) is 0 Å². The van der Waals surface area contributed by atoms with Gasteiger partial charge in [-0.15, -0.1) is 0 Å². The molecule has 6 aromatic rings. The fraction of sp³-hybridized carbons (Fsp3) is 0.150. The maximum Gasteiger partial charge on any atom is 0.0622 e. The van der Waals surface area contributed by atoms with Crippen molar-refractivity contribution >= 4 is 33.8 Å². The van der Waals surface area contributed by atoms with E-state index in [0.717, 1.165) is 12.8 Å². The standard InChI is InChI=1S/C40H31N/c1-24-10-5-12-26-13-7-17-29(36(24)26)28-16-3-4-21-35(28)41-39-25(2)11-6-19-32(39)33-23-22-31-30-18-8-14-27-15-9-20-34(37(27)30)38(31)40(33)41/h3-9,12-25H,10-11H2,1-2H3. The molecule has 3 aliphatic carbocycles. The van der Waals surface area contributed by atoms with Crippen LogP contribution in [0.4, 0.5) is 0 Å². The second-order valence-corrected chi connectivity index (χ2v) is 12.1. The van der Waals surface area contributed by atoms with Crippen LogP contribution in [0.3, 0.4) is 0 Å². The normalized spacial score (nSPS) is 18.1. The van der Waals surface area contributed by atoms with Crippen LogP contribution >= 0.6 is 0 Å². The highest BCUT2D eigenvalue weighted by Crippen LogP contribution is 2.53. The van der Waals surface area contributed by atoms with Gasteiger partial charge >= 0.3 is 0 Å². The molecular weight excluding hydrogens is 494 g/mol. The highest BCUT2D eigenvalue weighted by molar-refractivity contribution is 6.21. The molecule has 0 bridgehead atoms. The second kappa shape index (κ2) is 8.44. The lowest BCUT2D eigenvalue weighted by Crippen LogP contribution is -2.09. The number of allylic oxidation sites excluding steroid dienone is 2. The maximum absolute atomic E-state index is 2.65. The number of hydrogen-bond acceptors (Lipinski definition) is 0. The average Bonchev–Trinajstić information content (AvgIpc) is 3.52. The monoisotopic (exact) mass is 525 g/mol. The third-order valence-electron chi connectivity index (χ3n) is 9.77. The predicted octanol–water partition coefficient (Wildman–Crippen LogP) is 11.1. The highest BCUT2D eigenvalue weighted by atomic mass is 15.0. The first kappa shape index (κ1) is 23.1. The van der Waals surface area contributed by atoms with Crippen molar-refractivity contribution in [3.63, 3.8) is 0 Å². The van der Waals surface area contributed by atoms with Crippen molar-refractivity contribution in [3.8, 4) is 39.1 Å². The summed E-state index contributed by atoms with van der Waals surface area (Å²) >= 11 is 0. The van der Waals surface area contributed by atoms with E-state index in [1.165, 1.54) is 83.1 Å². The highest BCUT2D eigenvalue weighted by Gasteiger charge is 2.31. The SMILES string of the molecule is CC1CC=Cc2cccc(-c3ccccc3-n3c4c(c5ccc6c(c53)-c3cccc5cccc-6c35)C=CCC4C)c21. The van der Waals surface area contributed by atoms with E-state index in [2.05, 4.69) is 134 Å². The van der Waals surface area contributed by atoms with Crippen LogP contribution in [0, 0.1) is 0 Å². The molecule has 9 rings (SSSR count). The van der Waals surface area contributed by atoms with Gasteiger partial charge in [-0.3, -0.25) is 0 Å². The number of nitrogens with zero attached hydrogens (tertiary/aromatic N) is 1. The summed E-state index contributed by atoms with van der Waals surface area (Å²) in [7, 11) is 0. The molecule has 1 heteroatoms. The summed E-state index contributed by atoms with van der Waals surface area (Å²) in [5.41, 5.74) is 16.4. The Morgan fingerprint density at radius 3 is 2.24 bits per heavy atom. The van der Waals surface area contributed by atoms with E-state index < -0.39 is 0 Å². The first-order valence-corrected chi connectivity index (χ1v) is 15.0. The zero-order chi connectivity index (χ0) is 27.2. The van der Waals surface area contributed by atoms with E-state index in [1.807, 2.05) is 0 Å². The molecule has 0 spiro atoms. The van der Waals surface area contributed by atoms with Gasteiger partial charge in [0.25, 0.3) is 0 Å². The van der Waals surface area contributed by atoms with Crippen LogP contribution in [-0.2, 0) is 0 Å². The van der Waals surface area contributed by atoms with Gasteiger partial charge in [-0.2, -0.15) is 0 Å². The number of rotatable bonds is 2. The van der Waals surface area contributed by atoms with Crippen molar-refractivity contribution in [2.75, 3.05) is 0 Å². The first-order valence-electron chi connectivity index (χ1n) is 15.0. The van der Waals surface area contributed by atoms with Crippen molar-refractivity contribution in [3.05, 3.63) is 126 Å². The molecule has 0 N–H and O–H groups in total. The van der Waals surface area contributed by atoms with Crippen LogP contribution in [0.25, 0.3) is 72.9 Å². The molecule has 0 saturated heterocycles. The Balaban J connectivity index is 1.43. The number of aromatic nitrogens is 1. The van der Waals surface area contributed by atoms with Crippen molar-refractivity contribution < 1.29 is 0 Å². The van der Waals surface area contributed by atoms with Crippen molar-refractivity contribution in [1.82, 2.24) is 4.57 Å². The molecule has 1 heterocycles. The first-order chi connectivity index (χ1) is 20.2. The molecule has 2 atom stereocenters. The number of para-hydroxylation sites is 1. The van der Waals surface area contributed by atoms with Crippen LogP contribution < -0.4 is 0 Å². The van der Waals surface area contributed by atoms with Gasteiger partial charge < -0.3 is 4.57 Å². The fourth-order valence-electron chi connectivity index (χ4n) is 8.03. The van der Waals surface area contributed by atoms with Gasteiger partial charge in [0.2, 0.25) is 0 Å². The summed E-state index contributed by atoms with van der Waals surface area (Å²) in [5.74, 6) is 0.921. The van der Waals surface area contributed by atoms with Gasteiger partial charge in [0.05, 0.1) is 11.2 Å². The van der Waals surface area contributed by atoms with Gasteiger partial charge in [-0.05, 0) is 69.0 Å². The summed E-state index contributed by atoms with van der Waals surface area (Å²) in [6.45, 7) is 4.77. The average molecular weight is 526 g/mol. The zero-order valence-corrected chi connectivity index (χ0v) is 23.5. The minimum atomic E-state index is 0.428. The molecule has 3 aliphatic rings. The van der Waals surface area contributed by atoms with E-state index in [0.29, 0.717) is 11.8 Å². The molecule has 0 amide bonds. The summed E-state index contributed by atoms with van der Waals surface area (Å²) in [6, 6.07) is 34.3. The predicted molar refractivity (Wildman–Crippen MR) is 175 cm³/mol. The summed E-state index contributed by atoms with van der Waals surface area (Å²) < 4.78 is 2.65. The Morgan fingerprint density at radius 2 is 1.34 bits per heavy atom. The lowest BCUT2D eigenvalue weighted by molar-refractivity contribution is 0.724. The minimum Gasteiger partial charge on any atom is -0.311 e. The molecule has 1 aromatic heterocycles. The Bertz CT molecular complexity index is 2130.